The van der Waals surface area contributed by atoms with Crippen molar-refractivity contribution >= 4 is 15.7 Å². The average molecular weight is 358 g/mol. The molecule has 0 unspecified atom stereocenters. The minimum Gasteiger partial charge on any atom is -0.336 e. The van der Waals surface area contributed by atoms with Gasteiger partial charge in [0.15, 0.2) is 9.84 Å². The van der Waals surface area contributed by atoms with Crippen molar-refractivity contribution < 1.29 is 13.2 Å². The van der Waals surface area contributed by atoms with Gasteiger partial charge in [-0.25, -0.2) is 8.42 Å². The van der Waals surface area contributed by atoms with E-state index in [-0.39, 0.29) is 5.91 Å². The van der Waals surface area contributed by atoms with Gasteiger partial charge in [0.2, 0.25) is 0 Å². The fourth-order valence-corrected chi connectivity index (χ4v) is 3.66. The highest BCUT2D eigenvalue weighted by Gasteiger charge is 2.21. The van der Waals surface area contributed by atoms with Gasteiger partial charge in [0.05, 0.1) is 4.90 Å². The number of sulfone groups is 1. The van der Waals surface area contributed by atoms with E-state index < -0.39 is 9.84 Å². The molecule has 0 aliphatic carbocycles. The van der Waals surface area contributed by atoms with Gasteiger partial charge >= 0.3 is 0 Å². The van der Waals surface area contributed by atoms with E-state index in [4.69, 9.17) is 0 Å². The number of amides is 1. The van der Waals surface area contributed by atoms with Crippen LogP contribution in [0, 0.1) is 0 Å². The van der Waals surface area contributed by atoms with E-state index in [0.29, 0.717) is 29.6 Å². The van der Waals surface area contributed by atoms with Gasteiger partial charge in [-0.3, -0.25) is 4.79 Å². The first-order valence-corrected chi connectivity index (χ1v) is 10.2. The van der Waals surface area contributed by atoms with Crippen molar-refractivity contribution in [2.24, 2.45) is 0 Å². The minimum absolute atomic E-state index is 0.0305. The van der Waals surface area contributed by atoms with Crippen LogP contribution < -0.4 is 5.32 Å². The summed E-state index contributed by atoms with van der Waals surface area (Å²) in [4.78, 5) is 14.9. The van der Waals surface area contributed by atoms with E-state index in [1.165, 1.54) is 6.26 Å². The summed E-state index contributed by atoms with van der Waals surface area (Å²) in [5.74, 6) is 0.0305. The SMILES string of the molecule is C[C@H]1CN(C(=O)c2cccc(-c3ccc(S(C)(=O)=O)cc3)c2)CCN1. The lowest BCUT2D eigenvalue weighted by Crippen LogP contribution is -2.51. The third kappa shape index (κ3) is 4.08. The summed E-state index contributed by atoms with van der Waals surface area (Å²) in [6.07, 6.45) is 1.19. The second-order valence-corrected chi connectivity index (χ2v) is 8.50. The molecular weight excluding hydrogens is 336 g/mol. The van der Waals surface area contributed by atoms with Crippen LogP contribution in [0.5, 0.6) is 0 Å². The zero-order valence-corrected chi connectivity index (χ0v) is 15.2. The third-order valence-corrected chi connectivity index (χ3v) is 5.51. The van der Waals surface area contributed by atoms with E-state index in [0.717, 1.165) is 17.7 Å². The Morgan fingerprint density at radius 1 is 1.12 bits per heavy atom. The number of hydrogen-bond donors (Lipinski definition) is 1. The van der Waals surface area contributed by atoms with Crippen molar-refractivity contribution in [3.63, 3.8) is 0 Å². The Labute approximate surface area is 148 Å². The summed E-state index contributed by atoms with van der Waals surface area (Å²) in [5, 5.41) is 3.33. The lowest BCUT2D eigenvalue weighted by atomic mass is 10.0. The Morgan fingerprint density at radius 2 is 1.84 bits per heavy atom. The van der Waals surface area contributed by atoms with E-state index in [9.17, 15) is 13.2 Å². The summed E-state index contributed by atoms with van der Waals surface area (Å²) >= 11 is 0. The first-order valence-electron chi connectivity index (χ1n) is 8.28. The van der Waals surface area contributed by atoms with Gasteiger partial charge in [-0.2, -0.15) is 0 Å². The van der Waals surface area contributed by atoms with Crippen molar-refractivity contribution in [1.82, 2.24) is 10.2 Å². The van der Waals surface area contributed by atoms with E-state index >= 15 is 0 Å². The molecule has 1 heterocycles. The number of rotatable bonds is 3. The predicted molar refractivity (Wildman–Crippen MR) is 98.4 cm³/mol. The molecule has 0 aromatic heterocycles. The fourth-order valence-electron chi connectivity index (χ4n) is 3.03. The maximum Gasteiger partial charge on any atom is 0.253 e. The quantitative estimate of drug-likeness (QED) is 0.913. The Kier molecular flexibility index (Phi) is 4.92. The minimum atomic E-state index is -3.21. The molecule has 5 nitrogen and oxygen atoms in total. The van der Waals surface area contributed by atoms with Crippen molar-refractivity contribution in [3.05, 3.63) is 54.1 Å². The Balaban J connectivity index is 1.85. The molecule has 2 aromatic rings. The predicted octanol–water partition coefficient (Wildman–Crippen LogP) is 2.19. The maximum atomic E-state index is 12.7. The lowest BCUT2D eigenvalue weighted by Gasteiger charge is -2.32. The summed E-state index contributed by atoms with van der Waals surface area (Å²) in [6.45, 7) is 4.28. The molecule has 3 rings (SSSR count). The molecule has 0 saturated carbocycles. The average Bonchev–Trinajstić information content (AvgIpc) is 2.60. The Morgan fingerprint density at radius 3 is 2.48 bits per heavy atom. The highest BCUT2D eigenvalue weighted by molar-refractivity contribution is 7.90. The standard InChI is InChI=1S/C19H22N2O3S/c1-14-13-21(11-10-20-14)19(22)17-5-3-4-16(12-17)15-6-8-18(9-7-15)25(2,23)24/h3-9,12,14,20H,10-11,13H2,1-2H3/t14-/m0/s1. The van der Waals surface area contributed by atoms with Gasteiger partial charge in [-0.05, 0) is 42.3 Å². The summed E-state index contributed by atoms with van der Waals surface area (Å²) in [6, 6.07) is 14.5. The number of benzene rings is 2. The molecule has 1 aliphatic rings. The zero-order valence-electron chi connectivity index (χ0n) is 14.4. The molecule has 0 radical (unpaired) electrons. The van der Waals surface area contributed by atoms with Gasteiger partial charge in [0, 0.05) is 37.5 Å². The maximum absolute atomic E-state index is 12.7. The lowest BCUT2D eigenvalue weighted by molar-refractivity contribution is 0.0709. The van der Waals surface area contributed by atoms with Crippen LogP contribution in [0.2, 0.25) is 0 Å². The number of nitrogens with one attached hydrogen (secondary N) is 1. The fraction of sp³-hybridized carbons (Fsp3) is 0.316. The van der Waals surface area contributed by atoms with Crippen LogP contribution in [0.3, 0.4) is 0 Å². The van der Waals surface area contributed by atoms with Gasteiger partial charge in [-0.1, -0.05) is 24.3 Å². The van der Waals surface area contributed by atoms with E-state index in [1.807, 2.05) is 29.2 Å². The number of nitrogens with zero attached hydrogens (tertiary/aromatic N) is 1. The molecule has 2 aromatic carbocycles. The van der Waals surface area contributed by atoms with E-state index in [1.54, 1.807) is 24.3 Å². The normalized spacial score (nSPS) is 18.2. The summed E-state index contributed by atoms with van der Waals surface area (Å²) in [7, 11) is -3.21. The largest absolute Gasteiger partial charge is 0.336 e. The van der Waals surface area contributed by atoms with Crippen LogP contribution in [0.15, 0.2) is 53.4 Å². The molecule has 1 saturated heterocycles. The molecule has 25 heavy (non-hydrogen) atoms. The van der Waals surface area contributed by atoms with Gasteiger partial charge < -0.3 is 10.2 Å². The zero-order chi connectivity index (χ0) is 18.0. The topological polar surface area (TPSA) is 66.5 Å². The van der Waals surface area contributed by atoms with Crippen LogP contribution in [0.4, 0.5) is 0 Å². The Bertz CT molecular complexity index is 876. The monoisotopic (exact) mass is 358 g/mol. The molecule has 6 heteroatoms. The third-order valence-electron chi connectivity index (χ3n) is 4.38. The summed E-state index contributed by atoms with van der Waals surface area (Å²) < 4.78 is 23.1. The number of piperazine rings is 1. The smallest absolute Gasteiger partial charge is 0.253 e. The first kappa shape index (κ1) is 17.6. The molecule has 0 spiro atoms. The second-order valence-electron chi connectivity index (χ2n) is 6.48. The van der Waals surface area contributed by atoms with E-state index in [2.05, 4.69) is 12.2 Å². The van der Waals surface area contributed by atoms with Crippen LogP contribution in [0.1, 0.15) is 17.3 Å². The van der Waals surface area contributed by atoms with Crippen molar-refractivity contribution in [2.75, 3.05) is 25.9 Å². The van der Waals surface area contributed by atoms with Crippen molar-refractivity contribution in [2.45, 2.75) is 17.9 Å². The highest BCUT2D eigenvalue weighted by Crippen LogP contribution is 2.23. The molecule has 1 N–H and O–H groups in total. The molecule has 1 fully saturated rings. The van der Waals surface area contributed by atoms with Gasteiger partial charge in [0.25, 0.3) is 5.91 Å². The molecule has 0 bridgehead atoms. The number of carbonyl (C=O) groups excluding carboxylic acids is 1. The molecule has 1 atom stereocenters. The first-order chi connectivity index (χ1) is 11.8. The number of hydrogen-bond acceptors (Lipinski definition) is 4. The molecule has 1 aliphatic heterocycles. The number of carbonyl (C=O) groups is 1. The molecule has 1 amide bonds. The highest BCUT2D eigenvalue weighted by atomic mass is 32.2. The molecular formula is C19H22N2O3S. The van der Waals surface area contributed by atoms with Crippen molar-refractivity contribution in [1.29, 1.82) is 0 Å². The van der Waals surface area contributed by atoms with Crippen LogP contribution >= 0.6 is 0 Å². The van der Waals surface area contributed by atoms with Gasteiger partial charge in [-0.15, -0.1) is 0 Å². The Hall–Kier alpha value is -2.18. The van der Waals surface area contributed by atoms with Crippen LogP contribution in [-0.4, -0.2) is 51.2 Å². The van der Waals surface area contributed by atoms with Crippen molar-refractivity contribution in [3.8, 4) is 11.1 Å². The van der Waals surface area contributed by atoms with Crippen LogP contribution in [-0.2, 0) is 9.84 Å². The van der Waals surface area contributed by atoms with Gasteiger partial charge in [0.1, 0.15) is 0 Å². The van der Waals surface area contributed by atoms with Crippen LogP contribution in [0.25, 0.3) is 11.1 Å². The molecule has 132 valence electrons. The second kappa shape index (κ2) is 6.98. The summed E-state index contributed by atoms with van der Waals surface area (Å²) in [5.41, 5.74) is 2.43.